The van der Waals surface area contributed by atoms with Crippen molar-refractivity contribution >= 4 is 28.6 Å². The highest BCUT2D eigenvalue weighted by molar-refractivity contribution is 14.1. The molecule has 108 valence electrons. The van der Waals surface area contributed by atoms with Crippen molar-refractivity contribution in [3.05, 3.63) is 0 Å². The summed E-state index contributed by atoms with van der Waals surface area (Å²) in [4.78, 5) is 11.7. The van der Waals surface area contributed by atoms with E-state index < -0.39 is 6.23 Å². The molecule has 4 N–H and O–H groups in total. The first-order valence-electron chi connectivity index (χ1n) is 6.73. The summed E-state index contributed by atoms with van der Waals surface area (Å²) in [5.41, 5.74) is 3.13. The molecule has 0 bridgehead atoms. The number of nitrogens with zero attached hydrogens (tertiary/aromatic N) is 2. The normalized spacial score (nSPS) is 41.2. The summed E-state index contributed by atoms with van der Waals surface area (Å²) in [6, 6.07) is -0.201. The van der Waals surface area contributed by atoms with Gasteiger partial charge in [-0.2, -0.15) is 10.5 Å². The van der Waals surface area contributed by atoms with Gasteiger partial charge in [-0.05, 0) is 18.8 Å². The number of hydrazine groups is 2. The number of nitrogens with one attached hydrogen (secondary N) is 3. The van der Waals surface area contributed by atoms with Crippen molar-refractivity contribution in [2.45, 2.75) is 48.2 Å². The number of fused-ring (bicyclic) bond motifs is 1. The molecule has 3 rings (SSSR count). The van der Waals surface area contributed by atoms with Gasteiger partial charge in [0.15, 0.2) is 6.29 Å². The number of aliphatic hydroxyl groups excluding tert-OH is 1. The van der Waals surface area contributed by atoms with E-state index in [1.54, 1.807) is 7.05 Å². The third kappa shape index (κ3) is 2.33. The van der Waals surface area contributed by atoms with Crippen molar-refractivity contribution in [2.24, 2.45) is 5.92 Å². The van der Waals surface area contributed by atoms with E-state index in [2.05, 4.69) is 38.8 Å². The fourth-order valence-electron chi connectivity index (χ4n) is 3.30. The van der Waals surface area contributed by atoms with Crippen LogP contribution in [0.5, 0.6) is 0 Å². The first-order chi connectivity index (χ1) is 9.00. The molecule has 0 radical (unpaired) electrons. The monoisotopic (exact) mass is 381 g/mol. The maximum absolute atomic E-state index is 11.7. The average molecular weight is 381 g/mol. The number of hydrogen-bond acceptors (Lipinski definition) is 5. The van der Waals surface area contributed by atoms with Gasteiger partial charge in [-0.1, -0.05) is 35.4 Å². The topological polar surface area (TPSA) is 79.9 Å². The van der Waals surface area contributed by atoms with Gasteiger partial charge < -0.3 is 10.4 Å². The van der Waals surface area contributed by atoms with Crippen LogP contribution in [0.15, 0.2) is 0 Å². The van der Waals surface area contributed by atoms with E-state index in [1.807, 2.05) is 5.01 Å². The van der Waals surface area contributed by atoms with E-state index in [0.717, 1.165) is 0 Å². The minimum Gasteiger partial charge on any atom is -0.378 e. The second kappa shape index (κ2) is 4.99. The van der Waals surface area contributed by atoms with Crippen LogP contribution in [0.2, 0.25) is 0 Å². The summed E-state index contributed by atoms with van der Waals surface area (Å²) >= 11 is 2.44. The Morgan fingerprint density at radius 1 is 1.42 bits per heavy atom. The Morgan fingerprint density at radius 3 is 2.79 bits per heavy atom. The van der Waals surface area contributed by atoms with Gasteiger partial charge in [0.1, 0.15) is 6.23 Å². The Kier molecular flexibility index (Phi) is 3.63. The minimum absolute atomic E-state index is 0.189. The third-order valence-corrected chi connectivity index (χ3v) is 6.13. The molecule has 8 heteroatoms. The molecule has 3 unspecified atom stereocenters. The fourth-order valence-corrected chi connectivity index (χ4v) is 4.73. The summed E-state index contributed by atoms with van der Waals surface area (Å²) < 4.78 is -0.189. The SMILES string of the molecule is CN1NN2C(NC1=O)NC(O)CC2(I)C1CCCC1. The maximum Gasteiger partial charge on any atom is 0.334 e. The molecule has 2 saturated heterocycles. The molecule has 0 spiro atoms. The maximum atomic E-state index is 11.7. The van der Waals surface area contributed by atoms with Crippen molar-refractivity contribution in [1.29, 1.82) is 0 Å². The molecule has 2 heterocycles. The lowest BCUT2D eigenvalue weighted by molar-refractivity contribution is -0.137. The highest BCUT2D eigenvalue weighted by atomic mass is 127. The van der Waals surface area contributed by atoms with Gasteiger partial charge in [-0.25, -0.2) is 9.80 Å². The van der Waals surface area contributed by atoms with E-state index in [0.29, 0.717) is 12.3 Å². The molecular formula is C11H20IN5O2. The number of halogens is 1. The molecule has 3 atom stereocenters. The number of hydrogen-bond donors (Lipinski definition) is 4. The van der Waals surface area contributed by atoms with Gasteiger partial charge in [0.2, 0.25) is 0 Å². The molecule has 0 aromatic heterocycles. The summed E-state index contributed by atoms with van der Waals surface area (Å²) in [6.07, 6.45) is 4.54. The molecule has 7 nitrogen and oxygen atoms in total. The Hall–Kier alpha value is -0.160. The van der Waals surface area contributed by atoms with Gasteiger partial charge in [-0.3, -0.25) is 5.32 Å². The van der Waals surface area contributed by atoms with Gasteiger partial charge in [0.25, 0.3) is 0 Å². The Morgan fingerprint density at radius 2 is 2.11 bits per heavy atom. The van der Waals surface area contributed by atoms with Crippen LogP contribution >= 0.6 is 22.6 Å². The predicted octanol–water partition coefficient (Wildman–Crippen LogP) is 0.280. The lowest BCUT2D eigenvalue weighted by Gasteiger charge is -2.55. The standard InChI is InChI=1S/C11H20IN5O2/c1-16-10(19)14-9-13-8(18)6-11(12,17(9)15-16)7-4-2-3-5-7/h7-9,13,15,18H,2-6H2,1H3,(H,14,19). The number of aliphatic hydroxyl groups is 1. The molecule has 1 saturated carbocycles. The van der Waals surface area contributed by atoms with Gasteiger partial charge in [-0.15, -0.1) is 0 Å². The molecular weight excluding hydrogens is 361 g/mol. The van der Waals surface area contributed by atoms with Crippen LogP contribution in [-0.4, -0.2) is 44.3 Å². The molecule has 1 aliphatic carbocycles. The predicted molar refractivity (Wildman–Crippen MR) is 77.5 cm³/mol. The quantitative estimate of drug-likeness (QED) is 0.298. The van der Waals surface area contributed by atoms with Gasteiger partial charge in [0.05, 0.1) is 3.55 Å². The van der Waals surface area contributed by atoms with Crippen molar-refractivity contribution in [3.8, 4) is 0 Å². The Balaban J connectivity index is 1.87. The molecule has 19 heavy (non-hydrogen) atoms. The highest BCUT2D eigenvalue weighted by Crippen LogP contribution is 2.46. The number of rotatable bonds is 1. The largest absolute Gasteiger partial charge is 0.378 e. The van der Waals surface area contributed by atoms with Crippen molar-refractivity contribution in [3.63, 3.8) is 0 Å². The second-order valence-corrected chi connectivity index (χ2v) is 7.44. The molecule has 2 aliphatic heterocycles. The smallest absolute Gasteiger partial charge is 0.334 e. The lowest BCUT2D eigenvalue weighted by Crippen LogP contribution is -2.80. The zero-order chi connectivity index (χ0) is 13.6. The average Bonchev–Trinajstić information content (AvgIpc) is 2.86. The van der Waals surface area contributed by atoms with E-state index in [-0.39, 0.29) is 15.9 Å². The minimum atomic E-state index is -0.593. The van der Waals surface area contributed by atoms with Crippen LogP contribution < -0.4 is 16.2 Å². The molecule has 3 aliphatic rings. The number of urea groups is 1. The van der Waals surface area contributed by atoms with E-state index >= 15 is 0 Å². The zero-order valence-corrected chi connectivity index (χ0v) is 13.1. The van der Waals surface area contributed by atoms with Crippen LogP contribution in [0.3, 0.4) is 0 Å². The van der Waals surface area contributed by atoms with Crippen LogP contribution in [0.25, 0.3) is 0 Å². The fraction of sp³-hybridized carbons (Fsp3) is 0.909. The lowest BCUT2D eigenvalue weighted by atomic mass is 9.92. The Labute approximate surface area is 126 Å². The van der Waals surface area contributed by atoms with E-state index in [9.17, 15) is 9.90 Å². The van der Waals surface area contributed by atoms with Crippen molar-refractivity contribution in [1.82, 2.24) is 26.2 Å². The van der Waals surface area contributed by atoms with Gasteiger partial charge in [0, 0.05) is 13.5 Å². The summed E-state index contributed by atoms with van der Waals surface area (Å²) in [5, 5.41) is 19.4. The van der Waals surface area contributed by atoms with Crippen molar-refractivity contribution in [2.75, 3.05) is 7.05 Å². The van der Waals surface area contributed by atoms with Gasteiger partial charge >= 0.3 is 6.03 Å². The summed E-state index contributed by atoms with van der Waals surface area (Å²) in [7, 11) is 1.70. The number of amides is 2. The first kappa shape index (κ1) is 13.8. The second-order valence-electron chi connectivity index (χ2n) is 5.57. The molecule has 0 aromatic rings. The van der Waals surface area contributed by atoms with E-state index in [4.69, 9.17) is 0 Å². The molecule has 3 fully saturated rings. The molecule has 0 aromatic carbocycles. The van der Waals surface area contributed by atoms with Crippen LogP contribution in [0.1, 0.15) is 32.1 Å². The molecule has 2 amide bonds. The van der Waals surface area contributed by atoms with Crippen LogP contribution in [0.4, 0.5) is 4.79 Å². The summed E-state index contributed by atoms with van der Waals surface area (Å²) in [5.74, 6) is 0.531. The van der Waals surface area contributed by atoms with Crippen LogP contribution in [-0.2, 0) is 0 Å². The number of carbonyl (C=O) groups excluding carboxylic acids is 1. The van der Waals surface area contributed by atoms with Crippen molar-refractivity contribution < 1.29 is 9.90 Å². The first-order valence-corrected chi connectivity index (χ1v) is 7.81. The summed E-state index contributed by atoms with van der Waals surface area (Å²) in [6.45, 7) is 0. The highest BCUT2D eigenvalue weighted by Gasteiger charge is 2.52. The Bertz CT molecular complexity index is 378. The zero-order valence-electron chi connectivity index (χ0n) is 10.9. The number of carbonyl (C=O) groups is 1. The van der Waals surface area contributed by atoms with Crippen LogP contribution in [0, 0.1) is 5.92 Å². The van der Waals surface area contributed by atoms with E-state index in [1.165, 1.54) is 30.7 Å². The number of alkyl halides is 1. The third-order valence-electron chi connectivity index (χ3n) is 4.29.